The Bertz CT molecular complexity index is 910. The summed E-state index contributed by atoms with van der Waals surface area (Å²) in [5.41, 5.74) is -1.03. The maximum absolute atomic E-state index is 13.0. The Kier molecular flexibility index (Phi) is 5.84. The molecule has 0 N–H and O–H groups in total. The van der Waals surface area contributed by atoms with E-state index >= 15 is 0 Å². The van der Waals surface area contributed by atoms with Crippen molar-refractivity contribution in [2.75, 3.05) is 19.3 Å². The number of amides is 1. The molecule has 1 unspecified atom stereocenters. The van der Waals surface area contributed by atoms with E-state index in [1.165, 1.54) is 4.31 Å². The predicted octanol–water partition coefficient (Wildman–Crippen LogP) is 0.976. The summed E-state index contributed by atoms with van der Waals surface area (Å²) in [6.45, 7) is 4.58. The fourth-order valence-electron chi connectivity index (χ4n) is 3.50. The molecule has 1 saturated heterocycles. The topological polar surface area (TPSA) is 114 Å². The second-order valence-electron chi connectivity index (χ2n) is 7.30. The van der Waals surface area contributed by atoms with E-state index in [2.05, 4.69) is 22.4 Å². The average Bonchev–Trinajstić information content (AvgIpc) is 3.29. The molecule has 1 aliphatic rings. The molecule has 0 bridgehead atoms. The lowest BCUT2D eigenvalue weighted by Crippen LogP contribution is -2.62. The van der Waals surface area contributed by atoms with Gasteiger partial charge in [-0.2, -0.15) is 4.31 Å². The number of piperazine rings is 1. The summed E-state index contributed by atoms with van der Waals surface area (Å²) in [6, 6.07) is 3.53. The van der Waals surface area contributed by atoms with Gasteiger partial charge in [0.05, 0.1) is 25.6 Å². The van der Waals surface area contributed by atoms with E-state index in [0.717, 1.165) is 25.5 Å². The fraction of sp³-hybridized carbons (Fsp3) is 0.647. The number of carbonyl (C=O) groups excluding carboxylic acids is 1. The highest BCUT2D eigenvalue weighted by atomic mass is 32.2. The molecule has 11 heteroatoms. The summed E-state index contributed by atoms with van der Waals surface area (Å²) in [6.07, 6.45) is 5.62. The molecule has 2 aromatic heterocycles. The van der Waals surface area contributed by atoms with Gasteiger partial charge in [0.15, 0.2) is 5.82 Å². The van der Waals surface area contributed by atoms with Gasteiger partial charge in [-0.25, -0.2) is 13.1 Å². The Hall–Kier alpha value is -2.27. The number of furan rings is 1. The van der Waals surface area contributed by atoms with Crippen molar-refractivity contribution in [1.29, 1.82) is 0 Å². The Morgan fingerprint density at radius 1 is 1.32 bits per heavy atom. The number of aromatic nitrogens is 4. The number of hydrogen-bond donors (Lipinski definition) is 0. The van der Waals surface area contributed by atoms with Gasteiger partial charge in [0, 0.05) is 13.1 Å². The highest BCUT2D eigenvalue weighted by molar-refractivity contribution is 7.88. The Labute approximate surface area is 164 Å². The van der Waals surface area contributed by atoms with Gasteiger partial charge < -0.3 is 9.32 Å². The minimum absolute atomic E-state index is 0.0758. The Morgan fingerprint density at radius 3 is 2.75 bits per heavy atom. The van der Waals surface area contributed by atoms with Gasteiger partial charge >= 0.3 is 0 Å². The van der Waals surface area contributed by atoms with E-state index in [-0.39, 0.29) is 25.5 Å². The molecule has 1 amide bonds. The summed E-state index contributed by atoms with van der Waals surface area (Å²) in [4.78, 5) is 14.6. The largest absolute Gasteiger partial charge is 0.467 e. The highest BCUT2D eigenvalue weighted by Gasteiger charge is 2.49. The average molecular weight is 411 g/mol. The number of sulfonamides is 1. The van der Waals surface area contributed by atoms with Crippen molar-refractivity contribution in [2.45, 2.75) is 51.7 Å². The van der Waals surface area contributed by atoms with Crippen molar-refractivity contribution in [3.05, 3.63) is 30.0 Å². The molecule has 3 rings (SSSR count). The number of nitrogens with zero attached hydrogens (tertiary/aromatic N) is 6. The van der Waals surface area contributed by atoms with Crippen LogP contribution in [0.2, 0.25) is 0 Å². The second kappa shape index (κ2) is 8.00. The van der Waals surface area contributed by atoms with Gasteiger partial charge in [0.25, 0.3) is 0 Å². The van der Waals surface area contributed by atoms with Gasteiger partial charge in [0.2, 0.25) is 15.9 Å². The van der Waals surface area contributed by atoms with Crippen molar-refractivity contribution < 1.29 is 17.6 Å². The van der Waals surface area contributed by atoms with Crippen LogP contribution in [0.3, 0.4) is 0 Å². The lowest BCUT2D eigenvalue weighted by molar-refractivity contribution is -0.145. The quantitative estimate of drug-likeness (QED) is 0.596. The van der Waals surface area contributed by atoms with Gasteiger partial charge in [0.1, 0.15) is 11.3 Å². The summed E-state index contributed by atoms with van der Waals surface area (Å²) in [5, 5.41) is 12.1. The zero-order valence-electron chi connectivity index (χ0n) is 16.4. The lowest BCUT2D eigenvalue weighted by atomic mass is 9.95. The molecule has 1 atom stereocenters. The number of unbranched alkanes of at least 4 members (excludes halogenated alkanes) is 2. The SMILES string of the molecule is CCCCCn1nnnc1C1(C)CN(S(C)(=O)=O)CC(=O)N1Cc1ccco1. The molecular formula is C17H26N6O4S. The maximum Gasteiger partial charge on any atom is 0.239 e. The number of rotatable bonds is 8. The zero-order chi connectivity index (χ0) is 20.4. The molecule has 0 aromatic carbocycles. The fourth-order valence-corrected chi connectivity index (χ4v) is 4.33. The molecular weight excluding hydrogens is 384 g/mol. The van der Waals surface area contributed by atoms with Crippen LogP contribution in [0.4, 0.5) is 0 Å². The van der Waals surface area contributed by atoms with Crippen LogP contribution in [0.25, 0.3) is 0 Å². The first-order valence-corrected chi connectivity index (χ1v) is 11.1. The van der Waals surface area contributed by atoms with Crippen LogP contribution in [0, 0.1) is 0 Å². The minimum Gasteiger partial charge on any atom is -0.467 e. The summed E-state index contributed by atoms with van der Waals surface area (Å²) >= 11 is 0. The monoisotopic (exact) mass is 410 g/mol. The molecule has 0 saturated carbocycles. The Morgan fingerprint density at radius 2 is 2.11 bits per heavy atom. The number of aryl methyl sites for hydroxylation is 1. The normalized spacial score (nSPS) is 21.4. The molecule has 154 valence electrons. The van der Waals surface area contributed by atoms with Crippen LogP contribution in [0.1, 0.15) is 44.7 Å². The molecule has 0 radical (unpaired) electrons. The third-order valence-corrected chi connectivity index (χ3v) is 6.24. The molecule has 1 fully saturated rings. The number of hydrogen-bond acceptors (Lipinski definition) is 7. The van der Waals surface area contributed by atoms with Crippen LogP contribution < -0.4 is 0 Å². The Balaban J connectivity index is 1.99. The molecule has 10 nitrogen and oxygen atoms in total. The first kappa shape index (κ1) is 20.5. The predicted molar refractivity (Wildman–Crippen MR) is 100 cm³/mol. The maximum atomic E-state index is 13.0. The first-order valence-electron chi connectivity index (χ1n) is 9.30. The first-order chi connectivity index (χ1) is 13.3. The van der Waals surface area contributed by atoms with Crippen LogP contribution in [0.15, 0.2) is 22.8 Å². The van der Waals surface area contributed by atoms with Gasteiger partial charge in [-0.1, -0.05) is 19.8 Å². The molecule has 0 spiro atoms. The van der Waals surface area contributed by atoms with E-state index in [1.807, 2.05) is 0 Å². The number of carbonyl (C=O) groups is 1. The van der Waals surface area contributed by atoms with E-state index in [1.54, 1.807) is 34.9 Å². The third kappa shape index (κ3) is 4.09. The summed E-state index contributed by atoms with van der Waals surface area (Å²) in [7, 11) is -3.56. The van der Waals surface area contributed by atoms with Crippen molar-refractivity contribution in [2.24, 2.45) is 0 Å². The van der Waals surface area contributed by atoms with E-state index in [0.29, 0.717) is 18.1 Å². The standard InChI is InChI=1S/C17H26N6O4S/c1-4-5-6-9-23-16(18-19-20-23)17(2)13-21(28(3,25)26)12-15(24)22(17)11-14-8-7-10-27-14/h7-8,10H,4-6,9,11-13H2,1-3H3. The molecule has 28 heavy (non-hydrogen) atoms. The van der Waals surface area contributed by atoms with Crippen LogP contribution in [-0.4, -0.2) is 63.1 Å². The summed E-state index contributed by atoms with van der Waals surface area (Å²) in [5.74, 6) is 0.757. The summed E-state index contributed by atoms with van der Waals surface area (Å²) < 4.78 is 32.6. The van der Waals surface area contributed by atoms with Gasteiger partial charge in [-0.15, -0.1) is 5.10 Å². The smallest absolute Gasteiger partial charge is 0.239 e. The van der Waals surface area contributed by atoms with Gasteiger partial charge in [-0.3, -0.25) is 4.79 Å². The van der Waals surface area contributed by atoms with E-state index in [9.17, 15) is 13.2 Å². The van der Waals surface area contributed by atoms with E-state index in [4.69, 9.17) is 4.42 Å². The van der Waals surface area contributed by atoms with Crippen molar-refractivity contribution in [3.63, 3.8) is 0 Å². The van der Waals surface area contributed by atoms with Gasteiger partial charge in [-0.05, 0) is 35.9 Å². The van der Waals surface area contributed by atoms with Crippen LogP contribution in [0.5, 0.6) is 0 Å². The molecule has 3 heterocycles. The van der Waals surface area contributed by atoms with Crippen LogP contribution in [-0.2, 0) is 33.4 Å². The van der Waals surface area contributed by atoms with Crippen molar-refractivity contribution in [1.82, 2.24) is 29.4 Å². The third-order valence-electron chi connectivity index (χ3n) is 5.04. The van der Waals surface area contributed by atoms with Crippen LogP contribution >= 0.6 is 0 Å². The minimum atomic E-state index is -3.56. The van der Waals surface area contributed by atoms with Crippen molar-refractivity contribution >= 4 is 15.9 Å². The lowest BCUT2D eigenvalue weighted by Gasteiger charge is -2.46. The molecule has 1 aliphatic heterocycles. The number of tetrazole rings is 1. The highest BCUT2D eigenvalue weighted by Crippen LogP contribution is 2.34. The molecule has 0 aliphatic carbocycles. The van der Waals surface area contributed by atoms with Crippen molar-refractivity contribution in [3.8, 4) is 0 Å². The molecule has 2 aromatic rings. The van der Waals surface area contributed by atoms with E-state index < -0.39 is 15.6 Å². The second-order valence-corrected chi connectivity index (χ2v) is 9.28. The zero-order valence-corrected chi connectivity index (χ0v) is 17.2.